The number of rotatable bonds is 3. The summed E-state index contributed by atoms with van der Waals surface area (Å²) in [6, 6.07) is 9.60. The van der Waals surface area contributed by atoms with Crippen LogP contribution in [0.15, 0.2) is 40.9 Å². The molecule has 0 aromatic heterocycles. The van der Waals surface area contributed by atoms with Gasteiger partial charge in [-0.1, -0.05) is 15.9 Å². The van der Waals surface area contributed by atoms with Gasteiger partial charge in [-0.25, -0.2) is 4.39 Å². The largest absolute Gasteiger partial charge is 0.454 e. The van der Waals surface area contributed by atoms with Crippen LogP contribution in [0.1, 0.15) is 5.56 Å². The molecule has 7 heteroatoms. The van der Waals surface area contributed by atoms with Crippen molar-refractivity contribution >= 4 is 21.6 Å². The molecule has 0 saturated heterocycles. The monoisotopic (exact) mass is 336 g/mol. The summed E-state index contributed by atoms with van der Waals surface area (Å²) in [7, 11) is 0. The maximum Gasteiger partial charge on any atom is 0.272 e. The first kappa shape index (κ1) is 14.0. The second-order valence-corrected chi connectivity index (χ2v) is 4.68. The topological polar surface area (TPSA) is 76.2 Å². The molecule has 0 fully saturated rings. The number of hydrogen-bond acceptors (Lipinski definition) is 4. The van der Waals surface area contributed by atoms with Crippen molar-refractivity contribution in [1.29, 1.82) is 5.26 Å². The second kappa shape index (κ2) is 5.67. The fraction of sp³-hybridized carbons (Fsp3) is 0. The highest BCUT2D eigenvalue weighted by Gasteiger charge is 2.12. The van der Waals surface area contributed by atoms with Crippen LogP contribution in [0.3, 0.4) is 0 Å². The second-order valence-electron chi connectivity index (χ2n) is 3.76. The minimum atomic E-state index is -0.849. The fourth-order valence-electron chi connectivity index (χ4n) is 1.50. The van der Waals surface area contributed by atoms with Gasteiger partial charge in [0.15, 0.2) is 11.6 Å². The van der Waals surface area contributed by atoms with Crippen LogP contribution in [0.25, 0.3) is 0 Å². The summed E-state index contributed by atoms with van der Waals surface area (Å²) in [4.78, 5) is 9.81. The highest BCUT2D eigenvalue weighted by atomic mass is 79.9. The van der Waals surface area contributed by atoms with Gasteiger partial charge in [-0.3, -0.25) is 10.1 Å². The Morgan fingerprint density at radius 1 is 1.30 bits per heavy atom. The SMILES string of the molecule is N#Cc1cc(Br)cc(Oc2ccc([N+](=O)[O-])cc2F)c1. The number of halogens is 2. The molecule has 0 spiro atoms. The van der Waals surface area contributed by atoms with Gasteiger partial charge in [0.25, 0.3) is 5.69 Å². The first-order chi connectivity index (χ1) is 9.49. The lowest BCUT2D eigenvalue weighted by atomic mass is 10.2. The van der Waals surface area contributed by atoms with Crippen LogP contribution in [0.5, 0.6) is 11.5 Å². The summed E-state index contributed by atoms with van der Waals surface area (Å²) < 4.78 is 19.6. The van der Waals surface area contributed by atoms with Crippen molar-refractivity contribution in [3.8, 4) is 17.6 Å². The van der Waals surface area contributed by atoms with Crippen LogP contribution in [0, 0.1) is 27.3 Å². The fourth-order valence-corrected chi connectivity index (χ4v) is 1.97. The average molecular weight is 337 g/mol. The number of nitriles is 1. The van der Waals surface area contributed by atoms with Gasteiger partial charge in [0.1, 0.15) is 5.75 Å². The summed E-state index contributed by atoms with van der Waals surface area (Å²) in [6.45, 7) is 0. The summed E-state index contributed by atoms with van der Waals surface area (Å²) in [5.41, 5.74) is -0.0153. The molecule has 0 unspecified atom stereocenters. The van der Waals surface area contributed by atoms with Crippen LogP contribution in [-0.2, 0) is 0 Å². The maximum atomic E-state index is 13.7. The molecule has 0 heterocycles. The molecule has 0 aliphatic carbocycles. The third-order valence-electron chi connectivity index (χ3n) is 2.35. The summed E-state index contributed by atoms with van der Waals surface area (Å²) in [5.74, 6) is -0.751. The highest BCUT2D eigenvalue weighted by Crippen LogP contribution is 2.29. The Morgan fingerprint density at radius 2 is 2.05 bits per heavy atom. The molecule has 0 atom stereocenters. The van der Waals surface area contributed by atoms with E-state index in [9.17, 15) is 14.5 Å². The van der Waals surface area contributed by atoms with E-state index < -0.39 is 10.7 Å². The van der Waals surface area contributed by atoms with Gasteiger partial charge in [0, 0.05) is 10.5 Å². The molecule has 0 radical (unpaired) electrons. The van der Waals surface area contributed by atoms with Crippen molar-refractivity contribution in [2.45, 2.75) is 0 Å². The van der Waals surface area contributed by atoms with E-state index in [1.807, 2.05) is 6.07 Å². The number of nitro benzene ring substituents is 1. The minimum absolute atomic E-state index is 0.155. The Bertz CT molecular complexity index is 728. The molecule has 20 heavy (non-hydrogen) atoms. The Kier molecular flexibility index (Phi) is 3.96. The van der Waals surface area contributed by atoms with Gasteiger partial charge in [-0.15, -0.1) is 0 Å². The Hall–Kier alpha value is -2.46. The van der Waals surface area contributed by atoms with E-state index in [4.69, 9.17) is 10.00 Å². The third kappa shape index (κ3) is 3.10. The Balaban J connectivity index is 2.33. The number of hydrogen-bond donors (Lipinski definition) is 0. The quantitative estimate of drug-likeness (QED) is 0.622. The predicted molar refractivity (Wildman–Crippen MR) is 72.0 cm³/mol. The van der Waals surface area contributed by atoms with Gasteiger partial charge in [-0.2, -0.15) is 5.26 Å². The molecule has 5 nitrogen and oxygen atoms in total. The summed E-state index contributed by atoms with van der Waals surface area (Å²) in [6.07, 6.45) is 0. The molecule has 100 valence electrons. The molecule has 0 aliphatic rings. The number of ether oxygens (including phenoxy) is 1. The molecular weight excluding hydrogens is 331 g/mol. The lowest BCUT2D eigenvalue weighted by Crippen LogP contribution is -1.93. The molecular formula is C13H6BrFN2O3. The molecule has 2 aromatic carbocycles. The number of nitro groups is 1. The zero-order chi connectivity index (χ0) is 14.7. The van der Waals surface area contributed by atoms with Crippen molar-refractivity contribution in [2.75, 3.05) is 0 Å². The van der Waals surface area contributed by atoms with E-state index in [-0.39, 0.29) is 17.2 Å². The molecule has 0 bridgehead atoms. The molecule has 0 aliphatic heterocycles. The van der Waals surface area contributed by atoms with Gasteiger partial charge in [0.05, 0.1) is 22.6 Å². The van der Waals surface area contributed by atoms with Crippen LogP contribution in [0.4, 0.5) is 10.1 Å². The van der Waals surface area contributed by atoms with Crippen molar-refractivity contribution < 1.29 is 14.1 Å². The predicted octanol–water partition coefficient (Wildman–Crippen LogP) is 4.16. The molecule has 2 rings (SSSR count). The van der Waals surface area contributed by atoms with Crippen LogP contribution < -0.4 is 4.74 Å². The zero-order valence-corrected chi connectivity index (χ0v) is 11.4. The van der Waals surface area contributed by atoms with Crippen LogP contribution >= 0.6 is 15.9 Å². The van der Waals surface area contributed by atoms with E-state index in [1.165, 1.54) is 12.1 Å². The molecule has 2 aromatic rings. The highest BCUT2D eigenvalue weighted by molar-refractivity contribution is 9.10. The van der Waals surface area contributed by atoms with Crippen molar-refractivity contribution in [3.63, 3.8) is 0 Å². The van der Waals surface area contributed by atoms with Gasteiger partial charge >= 0.3 is 0 Å². The van der Waals surface area contributed by atoms with Crippen molar-refractivity contribution in [1.82, 2.24) is 0 Å². The number of nitrogens with zero attached hydrogens (tertiary/aromatic N) is 2. The zero-order valence-electron chi connectivity index (χ0n) is 9.84. The standard InChI is InChI=1S/C13H6BrFN2O3/c14-9-3-8(7-16)4-11(5-9)20-13-2-1-10(17(18)19)6-12(13)15/h1-6H. The first-order valence-corrected chi connectivity index (χ1v) is 6.11. The van der Waals surface area contributed by atoms with Gasteiger partial charge in [0.2, 0.25) is 0 Å². The summed E-state index contributed by atoms with van der Waals surface area (Å²) in [5, 5.41) is 19.3. The van der Waals surface area contributed by atoms with E-state index in [0.29, 0.717) is 10.0 Å². The van der Waals surface area contributed by atoms with Crippen LogP contribution in [0.2, 0.25) is 0 Å². The smallest absolute Gasteiger partial charge is 0.272 e. The van der Waals surface area contributed by atoms with Crippen molar-refractivity contribution in [2.24, 2.45) is 0 Å². The third-order valence-corrected chi connectivity index (χ3v) is 2.81. The molecule has 0 amide bonds. The lowest BCUT2D eigenvalue weighted by molar-refractivity contribution is -0.385. The first-order valence-electron chi connectivity index (χ1n) is 5.32. The lowest BCUT2D eigenvalue weighted by Gasteiger charge is -2.07. The van der Waals surface area contributed by atoms with E-state index >= 15 is 0 Å². The Labute approximate surface area is 121 Å². The van der Waals surface area contributed by atoms with Crippen LogP contribution in [-0.4, -0.2) is 4.92 Å². The molecule has 0 saturated carbocycles. The number of non-ortho nitro benzene ring substituents is 1. The minimum Gasteiger partial charge on any atom is -0.454 e. The summed E-state index contributed by atoms with van der Waals surface area (Å²) >= 11 is 3.20. The molecule has 0 N–H and O–H groups in total. The Morgan fingerprint density at radius 3 is 2.65 bits per heavy atom. The normalized spacial score (nSPS) is 9.85. The van der Waals surface area contributed by atoms with E-state index in [0.717, 1.165) is 12.1 Å². The van der Waals surface area contributed by atoms with Crippen molar-refractivity contribution in [3.05, 3.63) is 62.4 Å². The van der Waals surface area contributed by atoms with E-state index in [2.05, 4.69) is 15.9 Å². The van der Waals surface area contributed by atoms with Gasteiger partial charge < -0.3 is 4.74 Å². The maximum absolute atomic E-state index is 13.7. The van der Waals surface area contributed by atoms with E-state index in [1.54, 1.807) is 12.1 Å². The van der Waals surface area contributed by atoms with Gasteiger partial charge in [-0.05, 0) is 24.3 Å². The average Bonchev–Trinajstić information content (AvgIpc) is 2.40. The number of benzene rings is 2.